The summed E-state index contributed by atoms with van der Waals surface area (Å²) in [4.78, 5) is 10.6. The molecule has 0 aliphatic rings. The summed E-state index contributed by atoms with van der Waals surface area (Å²) in [5.41, 5.74) is 0.897. The standard InChI is InChI=1S/C9H15N3O2/c1-8-7-12(11-10-8)4-6-14-5-3-9(2)13/h7H,3-6H2,1-2H3. The van der Waals surface area contributed by atoms with Crippen LogP contribution >= 0.6 is 0 Å². The highest BCUT2D eigenvalue weighted by molar-refractivity contribution is 5.75. The first kappa shape index (κ1) is 10.8. The van der Waals surface area contributed by atoms with Gasteiger partial charge in [0.1, 0.15) is 5.78 Å². The zero-order chi connectivity index (χ0) is 10.4. The summed E-state index contributed by atoms with van der Waals surface area (Å²) >= 11 is 0. The molecule has 78 valence electrons. The van der Waals surface area contributed by atoms with Gasteiger partial charge in [0.2, 0.25) is 0 Å². The van der Waals surface area contributed by atoms with Gasteiger partial charge in [-0.15, -0.1) is 5.10 Å². The van der Waals surface area contributed by atoms with Gasteiger partial charge in [-0.3, -0.25) is 4.79 Å². The first-order valence-electron chi connectivity index (χ1n) is 4.62. The molecular formula is C9H15N3O2. The van der Waals surface area contributed by atoms with E-state index in [9.17, 15) is 4.79 Å². The van der Waals surface area contributed by atoms with Crippen LogP contribution in [-0.2, 0) is 16.1 Å². The number of aromatic nitrogens is 3. The van der Waals surface area contributed by atoms with Crippen LogP contribution < -0.4 is 0 Å². The number of aryl methyl sites for hydroxylation is 1. The number of rotatable bonds is 6. The minimum atomic E-state index is 0.154. The number of hydrogen-bond acceptors (Lipinski definition) is 4. The van der Waals surface area contributed by atoms with Crippen molar-refractivity contribution in [2.24, 2.45) is 0 Å². The van der Waals surface area contributed by atoms with Gasteiger partial charge in [0.05, 0.1) is 25.5 Å². The van der Waals surface area contributed by atoms with Crippen LogP contribution in [0.4, 0.5) is 0 Å². The van der Waals surface area contributed by atoms with Crippen molar-refractivity contribution in [1.82, 2.24) is 15.0 Å². The number of nitrogens with zero attached hydrogens (tertiary/aromatic N) is 3. The van der Waals surface area contributed by atoms with Gasteiger partial charge in [-0.2, -0.15) is 0 Å². The minimum absolute atomic E-state index is 0.154. The van der Waals surface area contributed by atoms with Crippen molar-refractivity contribution in [1.29, 1.82) is 0 Å². The van der Waals surface area contributed by atoms with Crippen LogP contribution in [0.3, 0.4) is 0 Å². The molecule has 1 heterocycles. The second kappa shape index (κ2) is 5.49. The molecule has 1 aromatic rings. The lowest BCUT2D eigenvalue weighted by molar-refractivity contribution is -0.118. The van der Waals surface area contributed by atoms with E-state index in [0.717, 1.165) is 5.69 Å². The van der Waals surface area contributed by atoms with Gasteiger partial charge in [0.25, 0.3) is 0 Å². The highest BCUT2D eigenvalue weighted by Crippen LogP contribution is 1.90. The average Bonchev–Trinajstić information content (AvgIpc) is 2.50. The SMILES string of the molecule is CC(=O)CCOCCn1cc(C)nn1. The van der Waals surface area contributed by atoms with Crippen molar-refractivity contribution in [3.8, 4) is 0 Å². The summed E-state index contributed by atoms with van der Waals surface area (Å²) in [6, 6.07) is 0. The van der Waals surface area contributed by atoms with E-state index in [-0.39, 0.29) is 5.78 Å². The third kappa shape index (κ3) is 4.13. The van der Waals surface area contributed by atoms with Crippen molar-refractivity contribution < 1.29 is 9.53 Å². The van der Waals surface area contributed by atoms with Crippen molar-refractivity contribution >= 4 is 5.78 Å². The van der Waals surface area contributed by atoms with Crippen LogP contribution in [-0.4, -0.2) is 34.0 Å². The smallest absolute Gasteiger partial charge is 0.132 e. The summed E-state index contributed by atoms with van der Waals surface area (Å²) in [6.07, 6.45) is 2.34. The molecule has 0 aliphatic carbocycles. The van der Waals surface area contributed by atoms with Crippen molar-refractivity contribution in [3.63, 3.8) is 0 Å². The summed E-state index contributed by atoms with van der Waals surface area (Å²) in [5.74, 6) is 0.154. The fourth-order valence-electron chi connectivity index (χ4n) is 0.981. The quantitative estimate of drug-likeness (QED) is 0.626. The van der Waals surface area contributed by atoms with Crippen LogP contribution in [0.1, 0.15) is 19.0 Å². The summed E-state index contributed by atoms with van der Waals surface area (Å²) < 4.78 is 6.97. The van der Waals surface area contributed by atoms with Gasteiger partial charge in [-0.05, 0) is 13.8 Å². The molecule has 0 aromatic carbocycles. The number of ketones is 1. The van der Waals surface area contributed by atoms with Crippen molar-refractivity contribution in [2.45, 2.75) is 26.8 Å². The van der Waals surface area contributed by atoms with E-state index in [1.807, 2.05) is 13.1 Å². The summed E-state index contributed by atoms with van der Waals surface area (Å²) in [7, 11) is 0. The van der Waals surface area contributed by atoms with E-state index in [2.05, 4.69) is 10.3 Å². The van der Waals surface area contributed by atoms with Crippen LogP contribution in [0.2, 0.25) is 0 Å². The van der Waals surface area contributed by atoms with E-state index in [4.69, 9.17) is 4.74 Å². The Kier molecular flexibility index (Phi) is 4.25. The predicted molar refractivity (Wildman–Crippen MR) is 50.9 cm³/mol. The van der Waals surface area contributed by atoms with Gasteiger partial charge in [-0.1, -0.05) is 5.21 Å². The zero-order valence-electron chi connectivity index (χ0n) is 8.56. The second-order valence-electron chi connectivity index (χ2n) is 3.19. The lowest BCUT2D eigenvalue weighted by atomic mass is 10.3. The number of hydrogen-bond donors (Lipinski definition) is 0. The van der Waals surface area contributed by atoms with Crippen LogP contribution in [0.25, 0.3) is 0 Å². The molecule has 0 spiro atoms. The van der Waals surface area contributed by atoms with E-state index in [1.165, 1.54) is 0 Å². The molecule has 1 rings (SSSR count). The monoisotopic (exact) mass is 197 g/mol. The highest BCUT2D eigenvalue weighted by atomic mass is 16.5. The van der Waals surface area contributed by atoms with E-state index in [1.54, 1.807) is 11.6 Å². The van der Waals surface area contributed by atoms with Crippen LogP contribution in [0.5, 0.6) is 0 Å². The first-order valence-corrected chi connectivity index (χ1v) is 4.62. The van der Waals surface area contributed by atoms with Crippen molar-refractivity contribution in [3.05, 3.63) is 11.9 Å². The van der Waals surface area contributed by atoms with Gasteiger partial charge in [0.15, 0.2) is 0 Å². The topological polar surface area (TPSA) is 57.0 Å². The lowest BCUT2D eigenvalue weighted by Gasteiger charge is -2.01. The molecule has 0 saturated carbocycles. The molecule has 0 atom stereocenters. The van der Waals surface area contributed by atoms with Crippen LogP contribution in [0.15, 0.2) is 6.20 Å². The Bertz CT molecular complexity index is 296. The Morgan fingerprint density at radius 1 is 1.57 bits per heavy atom. The Balaban J connectivity index is 2.07. The Morgan fingerprint density at radius 3 is 2.93 bits per heavy atom. The Labute approximate surface area is 83.1 Å². The van der Waals surface area contributed by atoms with Gasteiger partial charge in [-0.25, -0.2) is 4.68 Å². The van der Waals surface area contributed by atoms with E-state index in [0.29, 0.717) is 26.2 Å². The van der Waals surface area contributed by atoms with E-state index >= 15 is 0 Å². The largest absolute Gasteiger partial charge is 0.379 e. The molecule has 0 unspecified atom stereocenters. The minimum Gasteiger partial charge on any atom is -0.379 e. The van der Waals surface area contributed by atoms with Gasteiger partial charge >= 0.3 is 0 Å². The third-order valence-corrected chi connectivity index (χ3v) is 1.72. The van der Waals surface area contributed by atoms with Crippen LogP contribution in [0, 0.1) is 6.92 Å². The molecule has 14 heavy (non-hydrogen) atoms. The lowest BCUT2D eigenvalue weighted by Crippen LogP contribution is -2.08. The molecular weight excluding hydrogens is 182 g/mol. The fourth-order valence-corrected chi connectivity index (χ4v) is 0.981. The maximum atomic E-state index is 10.6. The number of carbonyl (C=O) groups excluding carboxylic acids is 1. The number of ether oxygens (including phenoxy) is 1. The predicted octanol–water partition coefficient (Wildman–Crippen LogP) is 0.582. The molecule has 0 N–H and O–H groups in total. The highest BCUT2D eigenvalue weighted by Gasteiger charge is 1.96. The number of Topliss-reactive ketones (excluding diaryl/α,β-unsaturated/α-hetero) is 1. The molecule has 5 nitrogen and oxygen atoms in total. The molecule has 1 aromatic heterocycles. The maximum absolute atomic E-state index is 10.6. The summed E-state index contributed by atoms with van der Waals surface area (Å²) in [6.45, 7) is 5.18. The molecule has 0 bridgehead atoms. The Morgan fingerprint density at radius 2 is 2.36 bits per heavy atom. The van der Waals surface area contributed by atoms with E-state index < -0.39 is 0 Å². The average molecular weight is 197 g/mol. The van der Waals surface area contributed by atoms with Gasteiger partial charge < -0.3 is 4.74 Å². The molecule has 0 radical (unpaired) electrons. The maximum Gasteiger partial charge on any atom is 0.132 e. The first-order chi connectivity index (χ1) is 6.68. The fraction of sp³-hybridized carbons (Fsp3) is 0.667. The molecule has 0 amide bonds. The molecule has 0 aliphatic heterocycles. The van der Waals surface area contributed by atoms with Gasteiger partial charge in [0, 0.05) is 12.6 Å². The zero-order valence-corrected chi connectivity index (χ0v) is 8.56. The summed E-state index contributed by atoms with van der Waals surface area (Å²) in [5, 5.41) is 7.72. The molecule has 0 saturated heterocycles. The molecule has 5 heteroatoms. The third-order valence-electron chi connectivity index (χ3n) is 1.72. The molecule has 0 fully saturated rings. The second-order valence-corrected chi connectivity index (χ2v) is 3.19. The normalized spacial score (nSPS) is 10.4. The Hall–Kier alpha value is -1.23. The number of carbonyl (C=O) groups is 1. The van der Waals surface area contributed by atoms with Crippen molar-refractivity contribution in [2.75, 3.05) is 13.2 Å².